The van der Waals surface area contributed by atoms with E-state index in [0.717, 1.165) is 0 Å². The van der Waals surface area contributed by atoms with Gasteiger partial charge in [-0.15, -0.1) is 0 Å². The van der Waals surface area contributed by atoms with E-state index in [4.69, 9.17) is 32.5 Å². The summed E-state index contributed by atoms with van der Waals surface area (Å²) in [6.07, 6.45) is -1.54. The standard InChI is InChI=1S/C31H32N11O11PS/c1-17-21-12-49-54(45,48-9-5-8-32)52-19-10-22(41-15-37-23-26(33-13-34-27(23)41)40-29(43)18-6-3-2-4-7-18)50-20(19)11-39-55(46,47)53-25(17)31(51-21)42-16-38-24-28(42)35-14-36-30(24)44/h2-4,6-7,13-17,19-22,25,31,39H,5,9-12H2,1H3,(H,35,36,44)(H,33,34,40,43)/t17-,19+,20-,21-,22-,25-,31-,54?/m1/s1. The summed E-state index contributed by atoms with van der Waals surface area (Å²) in [6, 6.07) is 10.4. The largest absolute Gasteiger partial charge is 0.475 e. The van der Waals surface area contributed by atoms with Crippen molar-refractivity contribution in [2.75, 3.05) is 25.1 Å². The van der Waals surface area contributed by atoms with E-state index in [1.54, 1.807) is 37.3 Å². The molecule has 1 aromatic carbocycles. The smallest absolute Gasteiger partial charge is 0.351 e. The van der Waals surface area contributed by atoms with Gasteiger partial charge in [0.25, 0.3) is 11.5 Å². The number of anilines is 1. The van der Waals surface area contributed by atoms with Crippen molar-refractivity contribution in [3.05, 3.63) is 71.6 Å². The molecule has 2 bridgehead atoms. The lowest BCUT2D eigenvalue weighted by atomic mass is 10.0. The molecule has 3 saturated heterocycles. The number of ether oxygens (including phenoxy) is 2. The van der Waals surface area contributed by atoms with Crippen LogP contribution in [0.15, 0.2) is 60.4 Å². The van der Waals surface area contributed by atoms with Crippen LogP contribution in [-0.4, -0.2) is 97.5 Å². The second-order valence-corrected chi connectivity index (χ2v) is 15.7. The second kappa shape index (κ2) is 14.9. The molecule has 8 rings (SSSR count). The summed E-state index contributed by atoms with van der Waals surface area (Å²) >= 11 is 0. The normalized spacial score (nSPS) is 29.5. The van der Waals surface area contributed by atoms with Crippen molar-refractivity contribution in [1.82, 2.24) is 43.8 Å². The van der Waals surface area contributed by atoms with E-state index in [2.05, 4.69) is 39.9 Å². The van der Waals surface area contributed by atoms with Crippen molar-refractivity contribution in [3.8, 4) is 6.07 Å². The summed E-state index contributed by atoms with van der Waals surface area (Å²) in [4.78, 5) is 48.9. The minimum absolute atomic E-state index is 0.0133. The number of carbonyl (C=O) groups is 1. The van der Waals surface area contributed by atoms with Crippen LogP contribution < -0.4 is 15.6 Å². The molecule has 3 aliphatic rings. The Bertz CT molecular complexity index is 2490. The maximum atomic E-state index is 14.3. The first kappa shape index (κ1) is 36.9. The molecule has 4 aromatic heterocycles. The third-order valence-electron chi connectivity index (χ3n) is 9.28. The number of carbonyl (C=O) groups excluding carboxylic acids is 1. The van der Waals surface area contributed by atoms with Crippen molar-refractivity contribution >= 4 is 52.2 Å². The lowest BCUT2D eigenvalue weighted by molar-refractivity contribution is -0.0517. The number of phosphoric acid groups is 1. The van der Waals surface area contributed by atoms with E-state index in [0.29, 0.717) is 5.56 Å². The minimum Gasteiger partial charge on any atom is -0.351 e. The topological polar surface area (TPSA) is 279 Å². The highest BCUT2D eigenvalue weighted by Crippen LogP contribution is 2.54. The van der Waals surface area contributed by atoms with Crippen LogP contribution in [0.2, 0.25) is 0 Å². The van der Waals surface area contributed by atoms with E-state index in [1.807, 2.05) is 6.07 Å². The molecule has 1 unspecified atom stereocenters. The lowest BCUT2D eigenvalue weighted by Gasteiger charge is -2.25. The first-order valence-corrected chi connectivity index (χ1v) is 19.8. The molecule has 1 amide bonds. The second-order valence-electron chi connectivity index (χ2n) is 12.7. The van der Waals surface area contributed by atoms with Gasteiger partial charge in [-0.3, -0.25) is 32.3 Å². The highest BCUT2D eigenvalue weighted by molar-refractivity contribution is 7.84. The first-order valence-electron chi connectivity index (χ1n) is 16.9. The number of fused-ring (bicyclic) bond motifs is 5. The summed E-state index contributed by atoms with van der Waals surface area (Å²) in [5.74, 6) is -0.993. The van der Waals surface area contributed by atoms with Gasteiger partial charge in [-0.05, 0) is 12.1 Å². The van der Waals surface area contributed by atoms with Gasteiger partial charge in [0, 0.05) is 24.4 Å². The quantitative estimate of drug-likeness (QED) is 0.156. The van der Waals surface area contributed by atoms with Gasteiger partial charge in [-0.1, -0.05) is 25.1 Å². The fourth-order valence-corrected chi connectivity index (χ4v) is 8.93. The van der Waals surface area contributed by atoms with Gasteiger partial charge >= 0.3 is 18.1 Å². The number of nitrogens with zero attached hydrogens (tertiary/aromatic N) is 8. The Balaban J connectivity index is 1.08. The van der Waals surface area contributed by atoms with E-state index in [-0.39, 0.29) is 47.6 Å². The van der Waals surface area contributed by atoms with E-state index in [9.17, 15) is 22.6 Å². The van der Waals surface area contributed by atoms with Gasteiger partial charge < -0.3 is 19.8 Å². The molecular weight excluding hydrogens is 765 g/mol. The number of nitriles is 1. The Morgan fingerprint density at radius 2 is 1.84 bits per heavy atom. The van der Waals surface area contributed by atoms with Gasteiger partial charge in [-0.2, -0.15) is 18.4 Å². The van der Waals surface area contributed by atoms with Crippen molar-refractivity contribution in [1.29, 1.82) is 5.26 Å². The zero-order valence-corrected chi connectivity index (χ0v) is 30.4. The van der Waals surface area contributed by atoms with Crippen LogP contribution >= 0.6 is 7.82 Å². The van der Waals surface area contributed by atoms with E-state index < -0.39 is 85.5 Å². The van der Waals surface area contributed by atoms with Gasteiger partial charge in [0.15, 0.2) is 34.4 Å². The fraction of sp³-hybridized carbons (Fsp3) is 0.419. The van der Waals surface area contributed by atoms with Crippen LogP contribution in [0.25, 0.3) is 22.3 Å². The molecule has 0 radical (unpaired) electrons. The van der Waals surface area contributed by atoms with Crippen LogP contribution in [0.1, 0.15) is 42.6 Å². The Morgan fingerprint density at radius 1 is 1.05 bits per heavy atom. The predicted octanol–water partition coefficient (Wildman–Crippen LogP) is 1.71. The highest BCUT2D eigenvalue weighted by Gasteiger charge is 2.50. The minimum atomic E-state index is -4.55. The highest BCUT2D eigenvalue weighted by atomic mass is 32.2. The number of H-pyrrole nitrogens is 1. The van der Waals surface area contributed by atoms with Crippen LogP contribution in [0, 0.1) is 17.2 Å². The Labute approximate surface area is 311 Å². The number of imidazole rings is 2. The molecule has 3 N–H and O–H groups in total. The maximum absolute atomic E-state index is 14.3. The molecule has 22 nitrogen and oxygen atoms in total. The summed E-state index contributed by atoms with van der Waals surface area (Å²) in [6.45, 7) is 0.495. The van der Waals surface area contributed by atoms with Gasteiger partial charge in [0.05, 0.1) is 50.8 Å². The number of hydrogen-bond donors (Lipinski definition) is 3. The molecule has 24 heteroatoms. The third-order valence-corrected chi connectivity index (χ3v) is 11.8. The Morgan fingerprint density at radius 3 is 2.65 bits per heavy atom. The van der Waals surface area contributed by atoms with Gasteiger partial charge in [0.1, 0.15) is 30.9 Å². The molecule has 0 aliphatic carbocycles. The number of benzene rings is 1. The number of aromatic amines is 1. The molecule has 0 spiro atoms. The molecule has 0 saturated carbocycles. The van der Waals surface area contributed by atoms with E-state index in [1.165, 1.54) is 34.4 Å². The summed E-state index contributed by atoms with van der Waals surface area (Å²) in [7, 11) is -9.05. The van der Waals surface area contributed by atoms with Crippen molar-refractivity contribution in [2.45, 2.75) is 56.6 Å². The number of nitrogens with one attached hydrogen (secondary N) is 3. The average molecular weight is 798 g/mol. The summed E-state index contributed by atoms with van der Waals surface area (Å²) < 4.78 is 82.3. The van der Waals surface area contributed by atoms with Gasteiger partial charge in [-0.25, -0.2) is 33.7 Å². The van der Waals surface area contributed by atoms with Crippen molar-refractivity contribution < 1.29 is 45.0 Å². The predicted molar refractivity (Wildman–Crippen MR) is 186 cm³/mol. The third kappa shape index (κ3) is 7.39. The van der Waals surface area contributed by atoms with Crippen LogP contribution in [-0.2, 0) is 42.1 Å². The molecule has 3 aliphatic heterocycles. The first-order chi connectivity index (χ1) is 26.5. The average Bonchev–Trinajstić information content (AvgIpc) is 3.96. The number of phosphoric ester groups is 1. The summed E-state index contributed by atoms with van der Waals surface area (Å²) in [5.41, 5.74) is 0.480. The molecular formula is C31H32N11O11PS. The molecule has 288 valence electrons. The number of rotatable bonds is 7. The molecule has 7 heterocycles. The number of hydrogen-bond acceptors (Lipinski definition) is 17. The Kier molecular flexibility index (Phi) is 10.0. The zero-order valence-electron chi connectivity index (χ0n) is 28.7. The maximum Gasteiger partial charge on any atom is 0.475 e. The van der Waals surface area contributed by atoms with Crippen molar-refractivity contribution in [2.24, 2.45) is 5.92 Å². The van der Waals surface area contributed by atoms with Crippen molar-refractivity contribution in [3.63, 3.8) is 0 Å². The van der Waals surface area contributed by atoms with Gasteiger partial charge in [0.2, 0.25) is 0 Å². The lowest BCUT2D eigenvalue weighted by Crippen LogP contribution is -2.41. The molecule has 8 atom stereocenters. The number of amides is 1. The van der Waals surface area contributed by atoms with Crippen LogP contribution in [0.3, 0.4) is 0 Å². The van der Waals surface area contributed by atoms with Crippen LogP contribution in [0.4, 0.5) is 5.82 Å². The molecule has 3 fully saturated rings. The Hall–Kier alpha value is -5.02. The zero-order chi connectivity index (χ0) is 38.3. The molecule has 5 aromatic rings. The fourth-order valence-electron chi connectivity index (χ4n) is 6.54. The molecule has 55 heavy (non-hydrogen) atoms. The summed E-state index contributed by atoms with van der Waals surface area (Å²) in [5, 5.41) is 11.9. The SMILES string of the molecule is C[C@H]1[C@H]2OS(=O)(=O)NC[C@H]3O[C@@H](n4cnc5c(NC(=O)c6ccccc6)ncnc54)C[C@@H]3OP(=O)(OCCC#N)OC[C@H]1O[C@H]2n1cnc2c(=O)[nH]cnc21. The van der Waals surface area contributed by atoms with Crippen LogP contribution in [0.5, 0.6) is 0 Å². The monoisotopic (exact) mass is 797 g/mol. The number of aromatic nitrogens is 8. The van der Waals surface area contributed by atoms with E-state index >= 15 is 0 Å².